The second kappa shape index (κ2) is 4.14. The van der Waals surface area contributed by atoms with E-state index in [9.17, 15) is 9.50 Å². The van der Waals surface area contributed by atoms with Gasteiger partial charge in [-0.2, -0.15) is 11.8 Å². The predicted octanol–water partition coefficient (Wildman–Crippen LogP) is 3.19. The average Bonchev–Trinajstić information content (AvgIpc) is 2.32. The van der Waals surface area contributed by atoms with E-state index in [2.05, 4.69) is 6.92 Å². The van der Waals surface area contributed by atoms with Crippen molar-refractivity contribution < 1.29 is 9.50 Å². The van der Waals surface area contributed by atoms with Gasteiger partial charge in [0.25, 0.3) is 0 Å². The molecule has 1 aliphatic heterocycles. The van der Waals surface area contributed by atoms with E-state index in [-0.39, 0.29) is 5.82 Å². The fourth-order valence-electron chi connectivity index (χ4n) is 2.02. The third-order valence-corrected chi connectivity index (χ3v) is 4.16. The summed E-state index contributed by atoms with van der Waals surface area (Å²) in [6.45, 7) is 4.05. The monoisotopic (exact) mass is 226 g/mol. The molecule has 0 saturated heterocycles. The standard InChI is InChI=1S/C12H15FOS/c1-7-3-4-10(13)12-9(7)6-15-8(2)5-11(12)14/h3-4,8,11,14H,5-6H2,1-2H3. The lowest BCUT2D eigenvalue weighted by atomic mass is 9.96. The topological polar surface area (TPSA) is 20.2 Å². The van der Waals surface area contributed by atoms with E-state index in [4.69, 9.17) is 0 Å². The number of aliphatic hydroxyl groups excluding tert-OH is 1. The number of fused-ring (bicyclic) bond motifs is 1. The van der Waals surface area contributed by atoms with Gasteiger partial charge in [-0.05, 0) is 30.5 Å². The van der Waals surface area contributed by atoms with Crippen molar-refractivity contribution in [3.63, 3.8) is 0 Å². The first-order valence-electron chi connectivity index (χ1n) is 5.17. The second-order valence-corrected chi connectivity index (χ2v) is 5.56. The maximum Gasteiger partial charge on any atom is 0.129 e. The van der Waals surface area contributed by atoms with Crippen LogP contribution < -0.4 is 0 Å². The zero-order valence-corrected chi connectivity index (χ0v) is 9.77. The Morgan fingerprint density at radius 2 is 2.20 bits per heavy atom. The van der Waals surface area contributed by atoms with Gasteiger partial charge in [-0.3, -0.25) is 0 Å². The van der Waals surface area contributed by atoms with Crippen molar-refractivity contribution in [2.45, 2.75) is 37.4 Å². The summed E-state index contributed by atoms with van der Waals surface area (Å²) in [7, 11) is 0. The highest BCUT2D eigenvalue weighted by atomic mass is 32.2. The smallest absolute Gasteiger partial charge is 0.129 e. The molecule has 1 aromatic rings. The molecule has 0 bridgehead atoms. The van der Waals surface area contributed by atoms with Crippen molar-refractivity contribution in [1.29, 1.82) is 0 Å². The van der Waals surface area contributed by atoms with Crippen LogP contribution in [0.4, 0.5) is 4.39 Å². The van der Waals surface area contributed by atoms with E-state index in [1.165, 1.54) is 6.07 Å². The molecule has 1 aliphatic rings. The molecule has 0 radical (unpaired) electrons. The summed E-state index contributed by atoms with van der Waals surface area (Å²) in [5.41, 5.74) is 2.58. The van der Waals surface area contributed by atoms with Crippen LogP contribution in [-0.2, 0) is 5.75 Å². The van der Waals surface area contributed by atoms with Crippen molar-refractivity contribution in [1.82, 2.24) is 0 Å². The van der Waals surface area contributed by atoms with Crippen LogP contribution in [0.3, 0.4) is 0 Å². The summed E-state index contributed by atoms with van der Waals surface area (Å²) in [6, 6.07) is 3.25. The highest BCUT2D eigenvalue weighted by molar-refractivity contribution is 7.99. The van der Waals surface area contributed by atoms with Crippen molar-refractivity contribution in [3.05, 3.63) is 34.6 Å². The van der Waals surface area contributed by atoms with Crippen LogP contribution in [0, 0.1) is 12.7 Å². The maximum absolute atomic E-state index is 13.6. The lowest BCUT2D eigenvalue weighted by molar-refractivity contribution is 0.163. The van der Waals surface area contributed by atoms with Crippen LogP contribution in [-0.4, -0.2) is 10.4 Å². The van der Waals surface area contributed by atoms with Crippen LogP contribution >= 0.6 is 11.8 Å². The molecule has 2 atom stereocenters. The van der Waals surface area contributed by atoms with Crippen LogP contribution in [0.15, 0.2) is 12.1 Å². The molecule has 0 aromatic heterocycles. The summed E-state index contributed by atoms with van der Waals surface area (Å²) >= 11 is 1.78. The van der Waals surface area contributed by atoms with Crippen molar-refractivity contribution >= 4 is 11.8 Å². The minimum atomic E-state index is -0.648. The Kier molecular flexibility index (Phi) is 3.03. The van der Waals surface area contributed by atoms with Gasteiger partial charge in [0, 0.05) is 16.6 Å². The molecule has 3 heteroatoms. The largest absolute Gasteiger partial charge is 0.388 e. The van der Waals surface area contributed by atoms with Crippen LogP contribution in [0.1, 0.15) is 36.1 Å². The quantitative estimate of drug-likeness (QED) is 0.733. The Balaban J connectivity index is 2.52. The summed E-state index contributed by atoms with van der Waals surface area (Å²) < 4.78 is 13.6. The number of hydrogen-bond acceptors (Lipinski definition) is 2. The number of halogens is 1. The SMILES string of the molecule is Cc1ccc(F)c2c1CSC(C)CC2O. The Morgan fingerprint density at radius 3 is 2.93 bits per heavy atom. The zero-order valence-electron chi connectivity index (χ0n) is 8.96. The van der Waals surface area contributed by atoms with Crippen molar-refractivity contribution in [2.24, 2.45) is 0 Å². The molecule has 1 aromatic carbocycles. The fourth-order valence-corrected chi connectivity index (χ4v) is 3.18. The van der Waals surface area contributed by atoms with Crippen LogP contribution in [0.2, 0.25) is 0 Å². The first-order valence-corrected chi connectivity index (χ1v) is 6.22. The average molecular weight is 226 g/mol. The van der Waals surface area contributed by atoms with E-state index in [0.717, 1.165) is 16.9 Å². The molecule has 0 saturated carbocycles. The first kappa shape index (κ1) is 11.0. The lowest BCUT2D eigenvalue weighted by Crippen LogP contribution is -2.06. The van der Waals surface area contributed by atoms with Gasteiger partial charge in [0.05, 0.1) is 6.10 Å². The Morgan fingerprint density at radius 1 is 1.47 bits per heavy atom. The predicted molar refractivity (Wildman–Crippen MR) is 61.5 cm³/mol. The number of thioether (sulfide) groups is 1. The highest BCUT2D eigenvalue weighted by Crippen LogP contribution is 2.37. The molecule has 1 nitrogen and oxygen atoms in total. The molecule has 2 rings (SSSR count). The number of aryl methyl sites for hydroxylation is 1. The molecule has 0 aliphatic carbocycles. The van der Waals surface area contributed by atoms with Gasteiger partial charge in [0.1, 0.15) is 5.82 Å². The minimum Gasteiger partial charge on any atom is -0.388 e. The Bertz CT molecular complexity index is 378. The lowest BCUT2D eigenvalue weighted by Gasteiger charge is -2.14. The molecule has 0 fully saturated rings. The fraction of sp³-hybridized carbons (Fsp3) is 0.500. The van der Waals surface area contributed by atoms with Crippen molar-refractivity contribution in [3.8, 4) is 0 Å². The van der Waals surface area contributed by atoms with E-state index >= 15 is 0 Å². The van der Waals surface area contributed by atoms with Gasteiger partial charge >= 0.3 is 0 Å². The molecule has 0 amide bonds. The second-order valence-electron chi connectivity index (χ2n) is 4.13. The molecule has 82 valence electrons. The number of benzene rings is 1. The molecular weight excluding hydrogens is 211 g/mol. The van der Waals surface area contributed by atoms with Gasteiger partial charge in [-0.1, -0.05) is 13.0 Å². The molecule has 1 heterocycles. The molecular formula is C12H15FOS. The molecule has 15 heavy (non-hydrogen) atoms. The highest BCUT2D eigenvalue weighted by Gasteiger charge is 2.24. The normalized spacial score (nSPS) is 25.9. The third kappa shape index (κ3) is 2.04. The van der Waals surface area contributed by atoms with E-state index in [0.29, 0.717) is 17.2 Å². The summed E-state index contributed by atoms with van der Waals surface area (Å²) in [6.07, 6.45) is -0.0113. The van der Waals surface area contributed by atoms with Crippen molar-refractivity contribution in [2.75, 3.05) is 0 Å². The Labute approximate surface area is 93.7 Å². The van der Waals surface area contributed by atoms with Gasteiger partial charge in [0.2, 0.25) is 0 Å². The van der Waals surface area contributed by atoms with Gasteiger partial charge in [-0.25, -0.2) is 4.39 Å². The first-order chi connectivity index (χ1) is 7.09. The van der Waals surface area contributed by atoms with Crippen LogP contribution in [0.5, 0.6) is 0 Å². The van der Waals surface area contributed by atoms with Crippen LogP contribution in [0.25, 0.3) is 0 Å². The van der Waals surface area contributed by atoms with E-state index in [1.54, 1.807) is 17.8 Å². The maximum atomic E-state index is 13.6. The third-order valence-electron chi connectivity index (χ3n) is 2.94. The zero-order chi connectivity index (χ0) is 11.0. The van der Waals surface area contributed by atoms with Gasteiger partial charge in [-0.15, -0.1) is 0 Å². The summed E-state index contributed by atoms with van der Waals surface area (Å²) in [5.74, 6) is 0.537. The number of rotatable bonds is 0. The summed E-state index contributed by atoms with van der Waals surface area (Å²) in [4.78, 5) is 0. The van der Waals surface area contributed by atoms with Gasteiger partial charge in [0.15, 0.2) is 0 Å². The minimum absolute atomic E-state index is 0.266. The number of hydrogen-bond donors (Lipinski definition) is 1. The Hall–Kier alpha value is -0.540. The van der Waals surface area contributed by atoms with Gasteiger partial charge < -0.3 is 5.11 Å². The van der Waals surface area contributed by atoms with E-state index < -0.39 is 6.10 Å². The van der Waals surface area contributed by atoms with E-state index in [1.807, 2.05) is 6.92 Å². The molecule has 2 unspecified atom stereocenters. The number of aliphatic hydroxyl groups is 1. The molecule has 1 N–H and O–H groups in total. The molecule has 0 spiro atoms. The summed E-state index contributed by atoms with van der Waals surface area (Å²) in [5, 5.41) is 10.3.